The van der Waals surface area contributed by atoms with Crippen LogP contribution in [-0.4, -0.2) is 22.3 Å². The average molecular weight is 194 g/mol. The van der Waals surface area contributed by atoms with Gasteiger partial charge in [0.2, 0.25) is 0 Å². The van der Waals surface area contributed by atoms with Gasteiger partial charge in [-0.3, -0.25) is 19.6 Å². The van der Waals surface area contributed by atoms with Gasteiger partial charge in [-0.1, -0.05) is 0 Å². The quantitative estimate of drug-likeness (QED) is 0.403. The Morgan fingerprint density at radius 1 is 1.43 bits per heavy atom. The zero-order valence-electron chi connectivity index (χ0n) is 6.96. The minimum absolute atomic E-state index is 0.313. The van der Waals surface area contributed by atoms with Crippen LogP contribution in [0.2, 0.25) is 0 Å². The molecule has 1 heterocycles. The van der Waals surface area contributed by atoms with Crippen LogP contribution in [0.25, 0.3) is 4.85 Å². The van der Waals surface area contributed by atoms with E-state index in [1.165, 1.54) is 0 Å². The highest BCUT2D eigenvalue weighted by atomic mass is 16.2. The topological polar surface area (TPSA) is 113 Å². The van der Waals surface area contributed by atoms with Crippen LogP contribution in [0, 0.1) is 6.57 Å². The van der Waals surface area contributed by atoms with Gasteiger partial charge in [0.25, 0.3) is 17.9 Å². The van der Waals surface area contributed by atoms with E-state index in [4.69, 9.17) is 12.3 Å². The first-order chi connectivity index (χ1) is 6.56. The molecule has 0 fully saturated rings. The Morgan fingerprint density at radius 2 is 2.07 bits per heavy atom. The van der Waals surface area contributed by atoms with E-state index in [2.05, 4.69) is 9.83 Å². The van der Waals surface area contributed by atoms with Crippen molar-refractivity contribution in [3.8, 4) is 0 Å². The predicted molar refractivity (Wildman–Crippen MR) is 47.9 cm³/mol. The van der Waals surface area contributed by atoms with Crippen LogP contribution in [0.3, 0.4) is 0 Å². The van der Waals surface area contributed by atoms with E-state index in [9.17, 15) is 14.4 Å². The summed E-state index contributed by atoms with van der Waals surface area (Å²) in [6.45, 7) is 5.97. The normalized spacial score (nSPS) is 9.36. The molecule has 0 radical (unpaired) electrons. The maximum absolute atomic E-state index is 11.2. The van der Waals surface area contributed by atoms with Crippen molar-refractivity contribution in [2.75, 3.05) is 12.3 Å². The molecule has 1 aromatic heterocycles. The third kappa shape index (κ3) is 1.69. The Labute approximate surface area is 77.4 Å². The smallest absolute Gasteiger partial charge is 0.327 e. The number of carbonyl (C=O) groups is 1. The van der Waals surface area contributed by atoms with Gasteiger partial charge in [-0.15, -0.1) is 0 Å². The Kier molecular flexibility index (Phi) is 2.48. The SMILES string of the molecule is [C-]#[N+]CC(=O)c1c(N)[nH]c(=O)[nH]c1=O. The lowest BCUT2D eigenvalue weighted by Gasteiger charge is -1.97. The molecule has 0 aliphatic carbocycles. The van der Waals surface area contributed by atoms with Crippen molar-refractivity contribution in [1.82, 2.24) is 9.97 Å². The zero-order chi connectivity index (χ0) is 10.7. The molecule has 0 amide bonds. The van der Waals surface area contributed by atoms with Crippen molar-refractivity contribution in [3.05, 3.63) is 37.8 Å². The molecule has 4 N–H and O–H groups in total. The molecule has 0 unspecified atom stereocenters. The highest BCUT2D eigenvalue weighted by Gasteiger charge is 2.17. The van der Waals surface area contributed by atoms with Gasteiger partial charge in [0, 0.05) is 0 Å². The number of H-pyrrole nitrogens is 2. The second-order valence-electron chi connectivity index (χ2n) is 2.44. The van der Waals surface area contributed by atoms with Gasteiger partial charge >= 0.3 is 5.69 Å². The summed E-state index contributed by atoms with van der Waals surface area (Å²) in [4.78, 5) is 39.7. The minimum Gasteiger partial charge on any atom is -0.384 e. The van der Waals surface area contributed by atoms with E-state index in [1.54, 1.807) is 0 Å². The standard InChI is InChI=1S/C7H6N4O3/c1-9-2-3(12)4-5(8)10-7(14)11-6(4)13/h2H2,(H4,8,10,11,13,14). The molecular weight excluding hydrogens is 188 g/mol. The number of rotatable bonds is 2. The first kappa shape index (κ1) is 9.73. The number of aromatic nitrogens is 2. The summed E-state index contributed by atoms with van der Waals surface area (Å²) in [7, 11) is 0. The van der Waals surface area contributed by atoms with Crippen LogP contribution < -0.4 is 17.0 Å². The van der Waals surface area contributed by atoms with Gasteiger partial charge in [-0.05, 0) is 0 Å². The molecule has 7 nitrogen and oxygen atoms in total. The lowest BCUT2D eigenvalue weighted by atomic mass is 10.2. The van der Waals surface area contributed by atoms with Crippen molar-refractivity contribution in [3.63, 3.8) is 0 Å². The number of anilines is 1. The molecule has 0 atom stereocenters. The molecule has 0 aromatic carbocycles. The highest BCUT2D eigenvalue weighted by molar-refractivity contribution is 6.01. The van der Waals surface area contributed by atoms with E-state index in [-0.39, 0.29) is 11.4 Å². The molecular formula is C7H6N4O3. The third-order valence-corrected chi connectivity index (χ3v) is 1.47. The van der Waals surface area contributed by atoms with Crippen molar-refractivity contribution >= 4 is 11.6 Å². The van der Waals surface area contributed by atoms with E-state index in [0.29, 0.717) is 0 Å². The van der Waals surface area contributed by atoms with Gasteiger partial charge in [-0.2, -0.15) is 0 Å². The maximum Gasteiger partial charge on any atom is 0.327 e. The molecule has 0 spiro atoms. The fourth-order valence-electron chi connectivity index (χ4n) is 0.932. The summed E-state index contributed by atoms with van der Waals surface area (Å²) in [5, 5.41) is 0. The number of nitrogens with one attached hydrogen (secondary N) is 2. The number of nitrogen functional groups attached to an aromatic ring is 1. The Morgan fingerprint density at radius 3 is 2.57 bits per heavy atom. The molecule has 1 aromatic rings. The van der Waals surface area contributed by atoms with Gasteiger partial charge in [-0.25, -0.2) is 11.4 Å². The van der Waals surface area contributed by atoms with Crippen LogP contribution in [0.5, 0.6) is 0 Å². The second-order valence-corrected chi connectivity index (χ2v) is 2.44. The van der Waals surface area contributed by atoms with E-state index >= 15 is 0 Å². The van der Waals surface area contributed by atoms with Gasteiger partial charge in [0.1, 0.15) is 11.4 Å². The van der Waals surface area contributed by atoms with Gasteiger partial charge in [0.05, 0.1) is 0 Å². The Hall–Kier alpha value is -2.36. The number of ketones is 1. The van der Waals surface area contributed by atoms with Crippen molar-refractivity contribution in [2.24, 2.45) is 0 Å². The number of hydrogen-bond donors (Lipinski definition) is 3. The monoisotopic (exact) mass is 194 g/mol. The van der Waals surface area contributed by atoms with E-state index < -0.39 is 23.6 Å². The summed E-state index contributed by atoms with van der Waals surface area (Å²) in [6.07, 6.45) is 0. The van der Waals surface area contributed by atoms with Crippen LogP contribution in [0.4, 0.5) is 5.82 Å². The summed E-state index contributed by atoms with van der Waals surface area (Å²) in [6, 6.07) is 0. The first-order valence-corrected chi connectivity index (χ1v) is 3.54. The first-order valence-electron chi connectivity index (χ1n) is 3.54. The van der Waals surface area contributed by atoms with Crippen molar-refractivity contribution < 1.29 is 4.79 Å². The number of nitrogens with zero attached hydrogens (tertiary/aromatic N) is 1. The predicted octanol–water partition coefficient (Wildman–Crippen LogP) is -1.25. The number of nitrogens with two attached hydrogens (primary N) is 1. The number of aromatic amines is 2. The van der Waals surface area contributed by atoms with E-state index in [1.807, 2.05) is 4.98 Å². The van der Waals surface area contributed by atoms with Crippen LogP contribution >= 0.6 is 0 Å². The third-order valence-electron chi connectivity index (χ3n) is 1.47. The van der Waals surface area contributed by atoms with E-state index in [0.717, 1.165) is 0 Å². The molecule has 7 heteroatoms. The summed E-state index contributed by atoms with van der Waals surface area (Å²) in [5.74, 6) is -1.03. The Balaban J connectivity index is 3.37. The molecule has 0 saturated carbocycles. The number of Topliss-reactive ketones (excluding diaryl/α,β-unsaturated/α-hetero) is 1. The molecule has 1 rings (SSSR count). The van der Waals surface area contributed by atoms with Crippen LogP contribution in [-0.2, 0) is 0 Å². The number of carbonyl (C=O) groups excluding carboxylic acids is 1. The molecule has 72 valence electrons. The molecule has 0 aliphatic rings. The van der Waals surface area contributed by atoms with Crippen molar-refractivity contribution in [1.29, 1.82) is 0 Å². The Bertz CT molecular complexity index is 519. The fourth-order valence-corrected chi connectivity index (χ4v) is 0.932. The largest absolute Gasteiger partial charge is 0.384 e. The minimum atomic E-state index is -0.875. The molecule has 0 bridgehead atoms. The summed E-state index contributed by atoms with van der Waals surface area (Å²) in [5.41, 5.74) is 3.22. The number of hydrogen-bond acceptors (Lipinski definition) is 4. The lowest BCUT2D eigenvalue weighted by molar-refractivity contribution is 0.101. The summed E-state index contributed by atoms with van der Waals surface area (Å²) >= 11 is 0. The van der Waals surface area contributed by atoms with Gasteiger partial charge in [0.15, 0.2) is 0 Å². The van der Waals surface area contributed by atoms with Gasteiger partial charge < -0.3 is 10.6 Å². The summed E-state index contributed by atoms with van der Waals surface area (Å²) < 4.78 is 0. The zero-order valence-corrected chi connectivity index (χ0v) is 6.96. The highest BCUT2D eigenvalue weighted by Crippen LogP contribution is 1.99. The molecule has 0 saturated heterocycles. The maximum atomic E-state index is 11.2. The van der Waals surface area contributed by atoms with Crippen LogP contribution in [0.1, 0.15) is 10.4 Å². The average Bonchev–Trinajstić information content (AvgIpc) is 2.01. The molecule has 0 aliphatic heterocycles. The lowest BCUT2D eigenvalue weighted by Crippen LogP contribution is -2.30. The van der Waals surface area contributed by atoms with Crippen molar-refractivity contribution in [2.45, 2.75) is 0 Å². The van der Waals surface area contributed by atoms with Crippen LogP contribution in [0.15, 0.2) is 9.59 Å². The fraction of sp³-hybridized carbons (Fsp3) is 0.143. The molecule has 14 heavy (non-hydrogen) atoms. The second kappa shape index (κ2) is 3.57.